The highest BCUT2D eigenvalue weighted by Gasteiger charge is 2.15. The Morgan fingerprint density at radius 1 is 1.32 bits per heavy atom. The van der Waals surface area contributed by atoms with E-state index in [4.69, 9.17) is 0 Å². The number of aromatic nitrogens is 1. The molecule has 1 fully saturated rings. The molecular weight excluding hydrogens is 239 g/mol. The minimum atomic E-state index is -0.233. The van der Waals surface area contributed by atoms with Crippen LogP contribution < -0.4 is 5.32 Å². The molecule has 1 aliphatic carbocycles. The van der Waals surface area contributed by atoms with Crippen LogP contribution in [0.2, 0.25) is 0 Å². The fraction of sp³-hybridized carbons (Fsp3) is 0.438. The molecule has 2 aromatic rings. The van der Waals surface area contributed by atoms with E-state index in [-0.39, 0.29) is 5.82 Å². The fourth-order valence-electron chi connectivity index (χ4n) is 2.96. The fourth-order valence-corrected chi connectivity index (χ4v) is 2.96. The van der Waals surface area contributed by atoms with Gasteiger partial charge >= 0.3 is 0 Å². The number of hydrogen-bond donors (Lipinski definition) is 1. The summed E-state index contributed by atoms with van der Waals surface area (Å²) in [5, 5.41) is 4.51. The molecule has 2 nitrogen and oxygen atoms in total. The van der Waals surface area contributed by atoms with E-state index in [0.717, 1.165) is 23.2 Å². The van der Waals surface area contributed by atoms with Gasteiger partial charge in [-0.2, -0.15) is 0 Å². The summed E-state index contributed by atoms with van der Waals surface area (Å²) in [6.07, 6.45) is 5.16. The lowest BCUT2D eigenvalue weighted by Gasteiger charge is -2.14. The highest BCUT2D eigenvalue weighted by Crippen LogP contribution is 2.22. The van der Waals surface area contributed by atoms with Gasteiger partial charge in [0, 0.05) is 23.7 Å². The molecule has 1 N–H and O–H groups in total. The van der Waals surface area contributed by atoms with Crippen molar-refractivity contribution in [1.29, 1.82) is 0 Å². The number of nitrogens with one attached hydrogen (secondary N) is 1. The maximum Gasteiger partial charge on any atom is 0.149 e. The second-order valence-electron chi connectivity index (χ2n) is 5.42. The molecule has 3 rings (SSSR count). The lowest BCUT2D eigenvalue weighted by atomic mass is 10.1. The van der Waals surface area contributed by atoms with Crippen LogP contribution >= 0.6 is 0 Å². The van der Waals surface area contributed by atoms with E-state index in [0.29, 0.717) is 11.6 Å². The average molecular weight is 258 g/mol. The Balaban J connectivity index is 1.91. The van der Waals surface area contributed by atoms with Crippen molar-refractivity contribution < 1.29 is 4.39 Å². The Hall–Kier alpha value is -1.48. The largest absolute Gasteiger partial charge is 0.310 e. The summed E-state index contributed by atoms with van der Waals surface area (Å²) in [6, 6.07) is 7.87. The van der Waals surface area contributed by atoms with Gasteiger partial charge in [-0.25, -0.2) is 4.39 Å². The van der Waals surface area contributed by atoms with Gasteiger partial charge in [-0.3, -0.25) is 4.98 Å². The number of fused-ring (bicyclic) bond motifs is 1. The summed E-state index contributed by atoms with van der Waals surface area (Å²) in [4.78, 5) is 4.31. The van der Waals surface area contributed by atoms with Crippen molar-refractivity contribution in [3.63, 3.8) is 0 Å². The number of nitrogens with zero attached hydrogens (tertiary/aromatic N) is 1. The van der Waals surface area contributed by atoms with Gasteiger partial charge in [0.2, 0.25) is 0 Å². The minimum Gasteiger partial charge on any atom is -0.310 e. The van der Waals surface area contributed by atoms with Crippen LogP contribution in [0.1, 0.15) is 36.9 Å². The molecule has 0 radical (unpaired) electrons. The van der Waals surface area contributed by atoms with Crippen LogP contribution in [0.3, 0.4) is 0 Å². The van der Waals surface area contributed by atoms with Gasteiger partial charge in [-0.15, -0.1) is 0 Å². The number of pyridine rings is 1. The molecule has 0 unspecified atom stereocenters. The number of hydrogen-bond acceptors (Lipinski definition) is 2. The van der Waals surface area contributed by atoms with Crippen LogP contribution in [0, 0.1) is 12.7 Å². The van der Waals surface area contributed by atoms with Crippen molar-refractivity contribution in [2.45, 2.75) is 45.2 Å². The molecule has 0 atom stereocenters. The first kappa shape index (κ1) is 12.5. The molecule has 100 valence electrons. The molecular formula is C16H19FN2. The van der Waals surface area contributed by atoms with Crippen LogP contribution in [-0.4, -0.2) is 11.0 Å². The predicted molar refractivity (Wildman–Crippen MR) is 75.5 cm³/mol. The summed E-state index contributed by atoms with van der Waals surface area (Å²) in [6.45, 7) is 2.72. The molecule has 0 amide bonds. The lowest BCUT2D eigenvalue weighted by Crippen LogP contribution is -2.25. The predicted octanol–water partition coefficient (Wildman–Crippen LogP) is 3.71. The van der Waals surface area contributed by atoms with Gasteiger partial charge in [0.25, 0.3) is 0 Å². The first-order valence-corrected chi connectivity index (χ1v) is 7.02. The van der Waals surface area contributed by atoms with Gasteiger partial charge in [0.1, 0.15) is 11.3 Å². The Labute approximate surface area is 113 Å². The van der Waals surface area contributed by atoms with E-state index < -0.39 is 0 Å². The maximum atomic E-state index is 13.8. The summed E-state index contributed by atoms with van der Waals surface area (Å²) < 4.78 is 13.8. The summed E-state index contributed by atoms with van der Waals surface area (Å²) in [7, 11) is 0. The van der Waals surface area contributed by atoms with Crippen molar-refractivity contribution in [2.75, 3.05) is 0 Å². The number of halogens is 1. The average Bonchev–Trinajstić information content (AvgIpc) is 2.90. The first-order chi connectivity index (χ1) is 9.24. The van der Waals surface area contributed by atoms with Crippen molar-refractivity contribution >= 4 is 10.9 Å². The zero-order valence-electron chi connectivity index (χ0n) is 11.2. The van der Waals surface area contributed by atoms with Gasteiger partial charge in [0.05, 0.1) is 0 Å². The van der Waals surface area contributed by atoms with E-state index in [1.54, 1.807) is 6.07 Å². The Morgan fingerprint density at radius 2 is 2.11 bits per heavy atom. The topological polar surface area (TPSA) is 24.9 Å². The van der Waals surface area contributed by atoms with E-state index in [1.807, 2.05) is 13.0 Å². The maximum absolute atomic E-state index is 13.8. The van der Waals surface area contributed by atoms with Crippen LogP contribution in [0.25, 0.3) is 10.9 Å². The highest BCUT2D eigenvalue weighted by molar-refractivity contribution is 5.82. The highest BCUT2D eigenvalue weighted by atomic mass is 19.1. The SMILES string of the molecule is Cc1cc(CNC2CCCC2)c2cccc(F)c2n1. The van der Waals surface area contributed by atoms with Crippen LogP contribution in [0.4, 0.5) is 4.39 Å². The molecule has 0 aliphatic heterocycles. The molecule has 3 heteroatoms. The second kappa shape index (κ2) is 5.25. The van der Waals surface area contributed by atoms with E-state index >= 15 is 0 Å². The zero-order chi connectivity index (χ0) is 13.2. The Morgan fingerprint density at radius 3 is 2.89 bits per heavy atom. The van der Waals surface area contributed by atoms with Crippen molar-refractivity contribution in [2.24, 2.45) is 0 Å². The monoisotopic (exact) mass is 258 g/mol. The van der Waals surface area contributed by atoms with Crippen molar-refractivity contribution in [3.05, 3.63) is 41.3 Å². The lowest BCUT2D eigenvalue weighted by molar-refractivity contribution is 0.525. The standard InChI is InChI=1S/C16H19FN2/c1-11-9-12(10-18-13-5-2-3-6-13)14-7-4-8-15(17)16(14)19-11/h4,7-9,13,18H,2-3,5-6,10H2,1H3. The molecule has 0 bridgehead atoms. The first-order valence-electron chi connectivity index (χ1n) is 7.02. The molecule has 1 aromatic heterocycles. The zero-order valence-corrected chi connectivity index (χ0v) is 11.2. The number of aryl methyl sites for hydroxylation is 1. The molecule has 1 heterocycles. The van der Waals surface area contributed by atoms with E-state index in [9.17, 15) is 4.39 Å². The van der Waals surface area contributed by atoms with Crippen molar-refractivity contribution in [1.82, 2.24) is 10.3 Å². The molecule has 19 heavy (non-hydrogen) atoms. The van der Waals surface area contributed by atoms with Gasteiger partial charge in [-0.05, 0) is 37.5 Å². The number of benzene rings is 1. The van der Waals surface area contributed by atoms with Gasteiger partial charge in [0.15, 0.2) is 0 Å². The molecule has 1 aliphatic rings. The van der Waals surface area contributed by atoms with Crippen LogP contribution in [-0.2, 0) is 6.54 Å². The quantitative estimate of drug-likeness (QED) is 0.907. The molecule has 1 aromatic carbocycles. The second-order valence-corrected chi connectivity index (χ2v) is 5.42. The molecule has 0 spiro atoms. The minimum absolute atomic E-state index is 0.233. The summed E-state index contributed by atoms with van der Waals surface area (Å²) in [5.41, 5.74) is 2.51. The third-order valence-electron chi connectivity index (χ3n) is 3.94. The van der Waals surface area contributed by atoms with Crippen molar-refractivity contribution in [3.8, 4) is 0 Å². The molecule has 0 saturated heterocycles. The Bertz CT molecular complexity index is 589. The van der Waals surface area contributed by atoms with Gasteiger partial charge in [-0.1, -0.05) is 25.0 Å². The van der Waals surface area contributed by atoms with E-state index in [2.05, 4.69) is 16.4 Å². The van der Waals surface area contributed by atoms with Crippen LogP contribution in [0.15, 0.2) is 24.3 Å². The third-order valence-corrected chi connectivity index (χ3v) is 3.94. The van der Waals surface area contributed by atoms with E-state index in [1.165, 1.54) is 31.7 Å². The van der Waals surface area contributed by atoms with Crippen LogP contribution in [0.5, 0.6) is 0 Å². The summed E-state index contributed by atoms with van der Waals surface area (Å²) >= 11 is 0. The molecule has 1 saturated carbocycles. The number of para-hydroxylation sites is 1. The third kappa shape index (κ3) is 2.61. The van der Waals surface area contributed by atoms with Gasteiger partial charge < -0.3 is 5.32 Å². The Kier molecular flexibility index (Phi) is 3.47. The normalized spacial score (nSPS) is 16.3. The number of rotatable bonds is 3. The summed E-state index contributed by atoms with van der Waals surface area (Å²) in [5.74, 6) is -0.233. The smallest absolute Gasteiger partial charge is 0.149 e.